The van der Waals surface area contributed by atoms with Crippen LogP contribution in [0.5, 0.6) is 0 Å². The molecule has 2 rings (SSSR count). The van der Waals surface area contributed by atoms with Crippen molar-refractivity contribution < 1.29 is 5.21 Å². The normalized spacial score (nSPS) is 10.8. The van der Waals surface area contributed by atoms with Crippen molar-refractivity contribution in [3.8, 4) is 0 Å². The van der Waals surface area contributed by atoms with Crippen LogP contribution in [0.2, 0.25) is 0 Å². The van der Waals surface area contributed by atoms with E-state index in [0.717, 1.165) is 4.85 Å². The zero-order valence-corrected chi connectivity index (χ0v) is 5.10. The van der Waals surface area contributed by atoms with E-state index >= 15 is 0 Å². The Balaban J connectivity index is 2.95. The van der Waals surface area contributed by atoms with Crippen LogP contribution in [-0.2, 0) is 0 Å². The van der Waals surface area contributed by atoms with Crippen LogP contribution in [0.4, 0.5) is 5.82 Å². The molecule has 2 aromatic heterocycles. The Morgan fingerprint density at radius 3 is 3.10 bits per heavy atom. The first kappa shape index (κ1) is 5.16. The maximum absolute atomic E-state index is 9.01. The van der Waals surface area contributed by atoms with E-state index in [-0.39, 0.29) is 0 Å². The summed E-state index contributed by atoms with van der Waals surface area (Å²) >= 11 is 0. The fourth-order valence-electron chi connectivity index (χ4n) is 0.897. The quantitative estimate of drug-likeness (QED) is 0.502. The summed E-state index contributed by atoms with van der Waals surface area (Å²) in [5.74, 6) is 0.424. The molecule has 0 aromatic carbocycles. The number of hydrogen-bond acceptors (Lipinski definition) is 3. The van der Waals surface area contributed by atoms with Gasteiger partial charge in [-0.2, -0.15) is 0 Å². The number of hydrogen-bond donors (Lipinski definition) is 2. The van der Waals surface area contributed by atoms with Gasteiger partial charge in [0.05, 0.1) is 6.20 Å². The smallest absolute Gasteiger partial charge is 0.151 e. The lowest BCUT2D eigenvalue weighted by atomic mass is 10.5. The first-order chi connectivity index (χ1) is 4.79. The molecule has 2 aromatic rings. The highest BCUT2D eigenvalue weighted by Gasteiger charge is 2.01. The molecular formula is C5H6N4O. The summed E-state index contributed by atoms with van der Waals surface area (Å²) < 4.78 is 1.44. The molecule has 0 bridgehead atoms. The molecule has 52 valence electrons. The fourth-order valence-corrected chi connectivity index (χ4v) is 0.897. The van der Waals surface area contributed by atoms with Crippen LogP contribution in [0, 0.1) is 0 Å². The lowest BCUT2D eigenvalue weighted by Crippen LogP contribution is -1.96. The molecule has 0 aliphatic heterocycles. The largest absolute Gasteiger partial charge is 0.413 e. The van der Waals surface area contributed by atoms with Crippen molar-refractivity contribution in [3.63, 3.8) is 0 Å². The molecule has 3 N–H and O–H groups in total. The summed E-state index contributed by atoms with van der Waals surface area (Å²) in [6.45, 7) is 0. The minimum atomic E-state index is 0.424. The Kier molecular flexibility index (Phi) is 0.743. The van der Waals surface area contributed by atoms with Crippen LogP contribution in [-0.4, -0.2) is 19.6 Å². The average molecular weight is 138 g/mol. The second-order valence-electron chi connectivity index (χ2n) is 2.00. The van der Waals surface area contributed by atoms with Gasteiger partial charge < -0.3 is 10.9 Å². The Morgan fingerprint density at radius 1 is 1.60 bits per heavy atom. The molecule has 0 saturated heterocycles. The lowest BCUT2D eigenvalue weighted by Gasteiger charge is -1.89. The predicted octanol–water partition coefficient (Wildman–Crippen LogP) is -0.0447. The Labute approximate surface area is 56.2 Å². The number of nitrogen functional groups attached to an aromatic ring is 1. The Bertz CT molecular complexity index is 324. The van der Waals surface area contributed by atoms with Gasteiger partial charge in [0.1, 0.15) is 11.8 Å². The molecule has 0 aliphatic carbocycles. The maximum Gasteiger partial charge on any atom is 0.151 e. The van der Waals surface area contributed by atoms with Crippen molar-refractivity contribution in [3.05, 3.63) is 18.6 Å². The summed E-state index contributed by atoms with van der Waals surface area (Å²) in [7, 11) is 0. The molecule has 5 nitrogen and oxygen atoms in total. The second kappa shape index (κ2) is 1.44. The van der Waals surface area contributed by atoms with Crippen LogP contribution in [0.3, 0.4) is 0 Å². The molecule has 0 unspecified atom stereocenters. The van der Waals surface area contributed by atoms with Gasteiger partial charge in [-0.1, -0.05) is 0 Å². The van der Waals surface area contributed by atoms with Crippen molar-refractivity contribution in [2.45, 2.75) is 0 Å². The molecule has 0 amide bonds. The van der Waals surface area contributed by atoms with Crippen LogP contribution < -0.4 is 5.73 Å². The van der Waals surface area contributed by atoms with Gasteiger partial charge in [0.15, 0.2) is 5.82 Å². The Morgan fingerprint density at radius 2 is 2.40 bits per heavy atom. The van der Waals surface area contributed by atoms with Crippen LogP contribution in [0.15, 0.2) is 18.6 Å². The number of imidazole rings is 1. The topological polar surface area (TPSA) is 68.5 Å². The van der Waals surface area contributed by atoms with Crippen molar-refractivity contribution >= 4 is 11.3 Å². The fraction of sp³-hybridized carbons (Fsp3) is 0. The molecule has 5 heteroatoms. The molecule has 0 radical (unpaired) electrons. The average Bonchev–Trinajstić information content (AvgIpc) is 2.41. The Hall–Kier alpha value is -1.65. The van der Waals surface area contributed by atoms with E-state index in [1.165, 1.54) is 17.0 Å². The van der Waals surface area contributed by atoms with Crippen molar-refractivity contribution in [2.75, 3.05) is 5.73 Å². The standard InChI is InChI=1S/C5H6N4O/c6-5-4-1-2-9(10)8(4)3-7-5/h1-3,10H,6H2. The monoisotopic (exact) mass is 138 g/mol. The number of nitrogens with zero attached hydrogens (tertiary/aromatic N) is 3. The highest BCUT2D eigenvalue weighted by Crippen LogP contribution is 2.09. The predicted molar refractivity (Wildman–Crippen MR) is 34.8 cm³/mol. The zero-order valence-electron chi connectivity index (χ0n) is 5.10. The molecule has 0 fully saturated rings. The molecule has 0 aliphatic rings. The van der Waals surface area contributed by atoms with Crippen molar-refractivity contribution in [1.29, 1.82) is 0 Å². The van der Waals surface area contributed by atoms with E-state index in [2.05, 4.69) is 4.98 Å². The molecule has 2 heterocycles. The van der Waals surface area contributed by atoms with Crippen molar-refractivity contribution in [2.24, 2.45) is 0 Å². The van der Waals surface area contributed by atoms with Crippen molar-refractivity contribution in [1.82, 2.24) is 14.3 Å². The lowest BCUT2D eigenvalue weighted by molar-refractivity contribution is 0.137. The number of rotatable bonds is 0. The van der Waals surface area contributed by atoms with Gasteiger partial charge in [-0.3, -0.25) is 0 Å². The summed E-state index contributed by atoms with van der Waals surface area (Å²) in [6, 6.07) is 1.68. The molecule has 0 saturated carbocycles. The summed E-state index contributed by atoms with van der Waals surface area (Å²) in [4.78, 5) is 4.69. The SMILES string of the molecule is Nc1ncn2c1ccn2O. The van der Waals surface area contributed by atoms with E-state index in [0.29, 0.717) is 11.3 Å². The zero-order chi connectivity index (χ0) is 7.14. The molecular weight excluding hydrogens is 132 g/mol. The first-order valence-corrected chi connectivity index (χ1v) is 2.78. The number of aromatic nitrogens is 3. The van der Waals surface area contributed by atoms with Gasteiger partial charge in [0, 0.05) is 0 Å². The molecule has 10 heavy (non-hydrogen) atoms. The molecule has 0 atom stereocenters. The third-order valence-electron chi connectivity index (χ3n) is 1.40. The van der Waals surface area contributed by atoms with Crippen LogP contribution >= 0.6 is 0 Å². The third-order valence-corrected chi connectivity index (χ3v) is 1.40. The van der Waals surface area contributed by atoms with Gasteiger partial charge in [-0.15, -0.1) is 4.85 Å². The number of anilines is 1. The first-order valence-electron chi connectivity index (χ1n) is 2.78. The summed E-state index contributed by atoms with van der Waals surface area (Å²) in [5.41, 5.74) is 6.14. The number of fused-ring (bicyclic) bond motifs is 1. The van der Waals surface area contributed by atoms with E-state index < -0.39 is 0 Å². The van der Waals surface area contributed by atoms with E-state index in [4.69, 9.17) is 10.9 Å². The van der Waals surface area contributed by atoms with Gasteiger partial charge >= 0.3 is 0 Å². The van der Waals surface area contributed by atoms with Gasteiger partial charge in [-0.25, -0.2) is 9.50 Å². The highest BCUT2D eigenvalue weighted by atomic mass is 16.5. The minimum absolute atomic E-state index is 0.424. The van der Waals surface area contributed by atoms with E-state index in [1.54, 1.807) is 6.07 Å². The maximum atomic E-state index is 9.01. The summed E-state index contributed by atoms with van der Waals surface area (Å²) in [6.07, 6.45) is 2.94. The third kappa shape index (κ3) is 0.439. The van der Waals surface area contributed by atoms with Gasteiger partial charge in [0.25, 0.3) is 0 Å². The van der Waals surface area contributed by atoms with Crippen LogP contribution in [0.25, 0.3) is 5.52 Å². The highest BCUT2D eigenvalue weighted by molar-refractivity contribution is 5.64. The van der Waals surface area contributed by atoms with Gasteiger partial charge in [0.2, 0.25) is 0 Å². The van der Waals surface area contributed by atoms with Crippen LogP contribution in [0.1, 0.15) is 0 Å². The van der Waals surface area contributed by atoms with E-state index in [1.807, 2.05) is 0 Å². The second-order valence-corrected chi connectivity index (χ2v) is 2.00. The van der Waals surface area contributed by atoms with E-state index in [9.17, 15) is 0 Å². The number of nitrogens with two attached hydrogens (primary N) is 1. The van der Waals surface area contributed by atoms with Gasteiger partial charge in [-0.05, 0) is 6.07 Å². The summed E-state index contributed by atoms with van der Waals surface area (Å²) in [5, 5.41) is 9.01. The minimum Gasteiger partial charge on any atom is -0.413 e. The molecule has 0 spiro atoms.